The summed E-state index contributed by atoms with van der Waals surface area (Å²) >= 11 is 0. The highest BCUT2D eigenvalue weighted by molar-refractivity contribution is 7.93. The van der Waals surface area contributed by atoms with Gasteiger partial charge in [-0.2, -0.15) is 0 Å². The lowest BCUT2D eigenvalue weighted by Crippen LogP contribution is -2.35. The molecule has 30 heavy (non-hydrogen) atoms. The second kappa shape index (κ2) is 7.46. The van der Waals surface area contributed by atoms with Gasteiger partial charge in [-0.3, -0.25) is 9.10 Å². The molecule has 1 N–H and O–H groups in total. The number of hydrogen-bond donors (Lipinski definition) is 1. The molecule has 0 aromatic heterocycles. The molecule has 0 atom stereocenters. The number of anilines is 2. The Morgan fingerprint density at radius 1 is 1.00 bits per heavy atom. The Balaban J connectivity index is 1.51. The maximum atomic E-state index is 13.0. The molecule has 0 fully saturated rings. The Hall–Kier alpha value is -3.39. The molecule has 4 rings (SSSR count). The van der Waals surface area contributed by atoms with Gasteiger partial charge in [0.15, 0.2) is 0 Å². The van der Waals surface area contributed by atoms with Crippen LogP contribution in [0.15, 0.2) is 65.6 Å². The average molecular weight is 424 g/mol. The molecule has 1 aliphatic rings. The van der Waals surface area contributed by atoms with E-state index in [1.54, 1.807) is 62.4 Å². The molecule has 8 heteroatoms. The highest BCUT2D eigenvalue weighted by Gasteiger charge is 2.36. The molecule has 0 radical (unpaired) electrons. The Kier molecular flexibility index (Phi) is 4.95. The van der Waals surface area contributed by atoms with Gasteiger partial charge in [-0.15, -0.1) is 0 Å². The minimum absolute atomic E-state index is 0.205. The summed E-state index contributed by atoms with van der Waals surface area (Å²) in [5, 5.41) is 4.11. The van der Waals surface area contributed by atoms with Gasteiger partial charge in [0.1, 0.15) is 6.54 Å². The molecule has 0 aliphatic carbocycles. The van der Waals surface area contributed by atoms with Crippen LogP contribution in [0, 0.1) is 0 Å². The zero-order valence-electron chi connectivity index (χ0n) is 16.5. The zero-order valence-corrected chi connectivity index (χ0v) is 17.3. The van der Waals surface area contributed by atoms with E-state index in [0.29, 0.717) is 22.3 Å². The SMILES string of the molecule is CC(C)OC(=O)c1ccc(NC(=O)CN2c3cccc4cccc(c34)S2(=O)=O)cc1. The third-order valence-corrected chi connectivity index (χ3v) is 6.52. The van der Waals surface area contributed by atoms with Crippen LogP contribution in [0.4, 0.5) is 11.4 Å². The van der Waals surface area contributed by atoms with Gasteiger partial charge < -0.3 is 10.1 Å². The monoisotopic (exact) mass is 424 g/mol. The summed E-state index contributed by atoms with van der Waals surface area (Å²) in [5.74, 6) is -0.933. The van der Waals surface area contributed by atoms with Crippen LogP contribution >= 0.6 is 0 Å². The Labute approximate surface area is 174 Å². The van der Waals surface area contributed by atoms with Crippen molar-refractivity contribution in [1.29, 1.82) is 0 Å². The maximum absolute atomic E-state index is 13.0. The number of benzene rings is 3. The Bertz CT molecular complexity index is 1250. The molecular formula is C22H20N2O5S. The molecular weight excluding hydrogens is 404 g/mol. The van der Waals surface area contributed by atoms with Crippen LogP contribution in [0.5, 0.6) is 0 Å². The van der Waals surface area contributed by atoms with E-state index in [9.17, 15) is 18.0 Å². The number of carbonyl (C=O) groups is 2. The fourth-order valence-corrected chi connectivity index (χ4v) is 5.10. The lowest BCUT2D eigenvalue weighted by atomic mass is 10.1. The zero-order chi connectivity index (χ0) is 21.5. The van der Waals surface area contributed by atoms with Crippen molar-refractivity contribution in [2.45, 2.75) is 24.8 Å². The van der Waals surface area contributed by atoms with Gasteiger partial charge in [-0.1, -0.05) is 24.3 Å². The number of nitrogens with zero attached hydrogens (tertiary/aromatic N) is 1. The number of nitrogens with one attached hydrogen (secondary N) is 1. The van der Waals surface area contributed by atoms with Gasteiger partial charge in [-0.05, 0) is 55.6 Å². The minimum Gasteiger partial charge on any atom is -0.459 e. The fraction of sp³-hybridized carbons (Fsp3) is 0.182. The summed E-state index contributed by atoms with van der Waals surface area (Å²) in [4.78, 5) is 24.7. The molecule has 154 valence electrons. The molecule has 0 bridgehead atoms. The number of hydrogen-bond acceptors (Lipinski definition) is 5. The Morgan fingerprint density at radius 2 is 1.67 bits per heavy atom. The minimum atomic E-state index is -3.80. The second-order valence-corrected chi connectivity index (χ2v) is 9.05. The van der Waals surface area contributed by atoms with Gasteiger partial charge >= 0.3 is 5.97 Å². The first-order valence-corrected chi connectivity index (χ1v) is 10.9. The highest BCUT2D eigenvalue weighted by Crippen LogP contribution is 2.41. The second-order valence-electron chi connectivity index (χ2n) is 7.22. The van der Waals surface area contributed by atoms with Crippen molar-refractivity contribution < 1.29 is 22.7 Å². The fourth-order valence-electron chi connectivity index (χ4n) is 3.43. The number of esters is 1. The van der Waals surface area contributed by atoms with E-state index < -0.39 is 21.9 Å². The van der Waals surface area contributed by atoms with E-state index in [4.69, 9.17) is 4.74 Å². The van der Waals surface area contributed by atoms with Crippen LogP contribution in [0.2, 0.25) is 0 Å². The number of rotatable bonds is 5. The van der Waals surface area contributed by atoms with Crippen LogP contribution in [-0.4, -0.2) is 32.9 Å². The summed E-state index contributed by atoms with van der Waals surface area (Å²) < 4.78 is 32.2. The van der Waals surface area contributed by atoms with E-state index in [0.717, 1.165) is 9.69 Å². The van der Waals surface area contributed by atoms with Crippen molar-refractivity contribution in [1.82, 2.24) is 0 Å². The predicted octanol–water partition coefficient (Wildman–Crippen LogP) is 3.55. The molecule has 3 aromatic carbocycles. The van der Waals surface area contributed by atoms with Crippen molar-refractivity contribution >= 4 is 44.0 Å². The first-order chi connectivity index (χ1) is 14.3. The Morgan fingerprint density at radius 3 is 2.33 bits per heavy atom. The van der Waals surface area contributed by atoms with Gasteiger partial charge in [0.05, 0.1) is 22.3 Å². The first-order valence-electron chi connectivity index (χ1n) is 9.43. The maximum Gasteiger partial charge on any atom is 0.338 e. The van der Waals surface area contributed by atoms with E-state index in [1.807, 2.05) is 12.1 Å². The molecule has 1 aliphatic heterocycles. The standard InChI is InChI=1S/C22H20N2O5S/c1-14(2)29-22(26)16-9-11-17(12-10-16)23-20(25)13-24-18-7-3-5-15-6-4-8-19(21(15)18)30(24,27)28/h3-12,14H,13H2,1-2H3,(H,23,25). The lowest BCUT2D eigenvalue weighted by Gasteiger charge is -2.18. The summed E-state index contributed by atoms with van der Waals surface area (Å²) in [6.45, 7) is 3.17. The normalized spacial score (nSPS) is 14.2. The molecule has 0 spiro atoms. The highest BCUT2D eigenvalue weighted by atomic mass is 32.2. The largest absolute Gasteiger partial charge is 0.459 e. The van der Waals surface area contributed by atoms with Crippen LogP contribution in [-0.2, 0) is 19.6 Å². The third kappa shape index (κ3) is 3.50. The molecule has 1 heterocycles. The van der Waals surface area contributed by atoms with E-state index in [-0.39, 0.29) is 17.5 Å². The van der Waals surface area contributed by atoms with Gasteiger partial charge in [0.25, 0.3) is 10.0 Å². The van der Waals surface area contributed by atoms with Gasteiger partial charge in [0.2, 0.25) is 5.91 Å². The summed E-state index contributed by atoms with van der Waals surface area (Å²) in [6, 6.07) is 16.6. The van der Waals surface area contributed by atoms with Crippen molar-refractivity contribution in [3.63, 3.8) is 0 Å². The van der Waals surface area contributed by atoms with Crippen molar-refractivity contribution in [2.24, 2.45) is 0 Å². The van der Waals surface area contributed by atoms with E-state index in [1.165, 1.54) is 0 Å². The van der Waals surface area contributed by atoms with Crippen molar-refractivity contribution in [3.05, 3.63) is 66.2 Å². The van der Waals surface area contributed by atoms with E-state index >= 15 is 0 Å². The molecule has 0 saturated heterocycles. The molecule has 3 aromatic rings. The topological polar surface area (TPSA) is 92.8 Å². The number of sulfonamides is 1. The first kappa shape index (κ1) is 19.9. The van der Waals surface area contributed by atoms with Crippen molar-refractivity contribution in [3.8, 4) is 0 Å². The lowest BCUT2D eigenvalue weighted by molar-refractivity contribution is -0.114. The summed E-state index contributed by atoms with van der Waals surface area (Å²) in [5.41, 5.74) is 1.31. The number of carbonyl (C=O) groups excluding carboxylic acids is 2. The predicted molar refractivity (Wildman–Crippen MR) is 114 cm³/mol. The molecule has 1 amide bonds. The number of amides is 1. The van der Waals surface area contributed by atoms with Gasteiger partial charge in [-0.25, -0.2) is 13.2 Å². The van der Waals surface area contributed by atoms with Crippen molar-refractivity contribution in [2.75, 3.05) is 16.2 Å². The smallest absolute Gasteiger partial charge is 0.338 e. The van der Waals surface area contributed by atoms with Crippen LogP contribution < -0.4 is 9.62 Å². The molecule has 0 saturated carbocycles. The quantitative estimate of drug-likeness (QED) is 0.633. The summed E-state index contributed by atoms with van der Waals surface area (Å²) in [6.07, 6.45) is -0.229. The molecule has 7 nitrogen and oxygen atoms in total. The van der Waals surface area contributed by atoms with Gasteiger partial charge in [0, 0.05) is 11.1 Å². The van der Waals surface area contributed by atoms with E-state index in [2.05, 4.69) is 5.32 Å². The van der Waals surface area contributed by atoms with Crippen LogP contribution in [0.1, 0.15) is 24.2 Å². The third-order valence-electron chi connectivity index (χ3n) is 4.72. The van der Waals surface area contributed by atoms with Crippen LogP contribution in [0.25, 0.3) is 10.8 Å². The molecule has 0 unspecified atom stereocenters. The number of ether oxygens (including phenoxy) is 1. The van der Waals surface area contributed by atoms with Crippen LogP contribution in [0.3, 0.4) is 0 Å². The average Bonchev–Trinajstić information content (AvgIpc) is 2.91. The summed E-state index contributed by atoms with van der Waals surface area (Å²) in [7, 11) is -3.80.